The third kappa shape index (κ3) is 51.1. The van der Waals surface area contributed by atoms with E-state index in [0.717, 1.165) is 6.42 Å². The molecule has 3 saturated heterocycles. The van der Waals surface area contributed by atoms with Crippen molar-refractivity contribution in [2.24, 2.45) is 0 Å². The predicted molar refractivity (Wildman–Crippen MR) is 270 cm³/mol. The molecule has 0 radical (unpaired) electrons. The van der Waals surface area contributed by atoms with Crippen LogP contribution >= 0.6 is 0 Å². The van der Waals surface area contributed by atoms with Crippen molar-refractivity contribution in [2.45, 2.75) is 56.6 Å². The van der Waals surface area contributed by atoms with Crippen molar-refractivity contribution in [1.29, 1.82) is 0 Å². The van der Waals surface area contributed by atoms with Gasteiger partial charge in [0.05, 0.1) is 191 Å². The standard InChI is InChI=1S/C24H36N2O17S.C16H30O10.C4H4NO3.Na.O3S.O2S/c27-19-1-2-20(28)25(19)42-22(30)3-5-36-7-9-38-11-13-40-15-16-41-14-12-39-10-8-37-6-4-23(31)43-26-21(29)17-18(24(26)32)44(33,34)35;17-15(18)1-3-21-5-7-23-9-11-25-13-14-26-12-10-24-8-6-22-4-2-16(19)20;6-3-1-2-4(7)5(3)8;;1-4(2)3;1-3-2/h18H,1-17H2,(H,33,34,35);1-14H2,(H,17,18)(H,19,20);1,8H,2H2;;;/q;;-1;+1;;. The number of nitrogens with zero attached hydrogens (tertiary/aromatic N) is 3. The maximum absolute atomic E-state index is 11.8. The van der Waals surface area contributed by atoms with E-state index in [2.05, 4.69) is 4.84 Å². The molecule has 490 valence electrons. The number of ether oxygens (including phenoxy) is 12. The molecule has 3 rings (SSSR count). The van der Waals surface area contributed by atoms with Gasteiger partial charge in [-0.05, 0) is 0 Å². The molecule has 0 bridgehead atoms. The maximum atomic E-state index is 11.8. The van der Waals surface area contributed by atoms with Crippen molar-refractivity contribution in [3.63, 3.8) is 0 Å². The van der Waals surface area contributed by atoms with Gasteiger partial charge in [-0.15, -0.1) is 22.8 Å². The summed E-state index contributed by atoms with van der Waals surface area (Å²) in [6.45, 7) is 7.34. The summed E-state index contributed by atoms with van der Waals surface area (Å²) in [7, 11) is -7.90. The Morgan fingerprint density at radius 2 is 0.733 bits per heavy atom. The second-order valence-corrected chi connectivity index (χ2v) is 17.7. The van der Waals surface area contributed by atoms with Crippen molar-refractivity contribution >= 4 is 91.6 Å². The number of carboxylic acids is 2. The number of carbonyl (C=O) groups excluding carboxylic acids is 8. The Balaban J connectivity index is -0.00000137. The Hall–Kier alpha value is -5.00. The van der Waals surface area contributed by atoms with Crippen molar-refractivity contribution in [3.05, 3.63) is 6.42 Å². The molecule has 3 aliphatic rings. The minimum Gasteiger partial charge on any atom is -0.481 e. The topological polar surface area (TPSA) is 510 Å². The Bertz CT molecular complexity index is 2190. The first-order valence-electron chi connectivity index (χ1n) is 25.0. The smallest absolute Gasteiger partial charge is 0.481 e. The molecular weight excluding hydrogens is 1250 g/mol. The number of carboxylic acid groups (broad SMARTS) is 2. The number of hydroxylamine groups is 6. The molecule has 86 heavy (non-hydrogen) atoms. The molecule has 42 heteroatoms. The largest absolute Gasteiger partial charge is 1.00 e. The van der Waals surface area contributed by atoms with Gasteiger partial charge in [-0.1, -0.05) is 6.42 Å². The summed E-state index contributed by atoms with van der Waals surface area (Å²) in [4.78, 5) is 120. The second-order valence-electron chi connectivity index (χ2n) is 15.6. The summed E-state index contributed by atoms with van der Waals surface area (Å²) >= 11 is -0.750. The molecule has 6 amide bonds. The number of hydrogen-bond acceptors (Lipinski definition) is 32. The van der Waals surface area contributed by atoms with Crippen LogP contribution in [-0.2, 0) is 147 Å². The summed E-state index contributed by atoms with van der Waals surface area (Å²) in [6.07, 6.45) is -0.0374. The van der Waals surface area contributed by atoms with Crippen LogP contribution < -0.4 is 29.6 Å². The molecule has 1 atom stereocenters. The molecule has 3 heterocycles. The number of imide groups is 3. The summed E-state index contributed by atoms with van der Waals surface area (Å²) in [5.74, 6) is -8.15. The number of aliphatic carboxylic acids is 2. The molecule has 0 spiro atoms. The Morgan fingerprint density at radius 3 is 0.942 bits per heavy atom. The van der Waals surface area contributed by atoms with E-state index in [1.165, 1.54) is 0 Å². The number of rotatable bonds is 45. The summed E-state index contributed by atoms with van der Waals surface area (Å²) in [6, 6.07) is 0. The monoisotopic (exact) mass is 1320 g/mol. The molecule has 0 aromatic carbocycles. The van der Waals surface area contributed by atoms with Crippen LogP contribution in [0.2, 0.25) is 0 Å². The van der Waals surface area contributed by atoms with E-state index >= 15 is 0 Å². The van der Waals surface area contributed by atoms with Crippen LogP contribution in [0.5, 0.6) is 0 Å². The van der Waals surface area contributed by atoms with Gasteiger partial charge in [0.2, 0.25) is 5.91 Å². The minimum atomic E-state index is -4.79. The van der Waals surface area contributed by atoms with Gasteiger partial charge in [-0.25, -0.2) is 9.59 Å². The van der Waals surface area contributed by atoms with Crippen LogP contribution in [0.25, 0.3) is 0 Å². The van der Waals surface area contributed by atoms with Crippen LogP contribution in [0.15, 0.2) is 0 Å². The van der Waals surface area contributed by atoms with Crippen LogP contribution in [0, 0.1) is 6.42 Å². The minimum absolute atomic E-state index is 0. The van der Waals surface area contributed by atoms with Gasteiger partial charge in [0.15, 0.2) is 5.25 Å². The van der Waals surface area contributed by atoms with Gasteiger partial charge in [-0.3, -0.25) is 49.7 Å². The van der Waals surface area contributed by atoms with Gasteiger partial charge in [0.1, 0.15) is 5.91 Å². The van der Waals surface area contributed by atoms with E-state index in [1.54, 1.807) is 0 Å². The number of amides is 6. The fourth-order valence-electron chi connectivity index (χ4n) is 5.37. The number of hydrogen-bond donors (Lipinski definition) is 4. The first-order chi connectivity index (χ1) is 40.5. The molecule has 0 aliphatic carbocycles. The van der Waals surface area contributed by atoms with Gasteiger partial charge in [0, 0.05) is 12.8 Å². The van der Waals surface area contributed by atoms with Crippen molar-refractivity contribution in [3.8, 4) is 0 Å². The first kappa shape index (κ1) is 85.2. The fourth-order valence-corrected chi connectivity index (χ4v) is 6.07. The predicted octanol–water partition coefficient (Wildman–Crippen LogP) is -7.35. The Labute approximate surface area is 519 Å². The van der Waals surface area contributed by atoms with Gasteiger partial charge in [-0.2, -0.15) is 21.9 Å². The van der Waals surface area contributed by atoms with Crippen molar-refractivity contribution < 1.29 is 193 Å². The van der Waals surface area contributed by atoms with Crippen molar-refractivity contribution in [2.75, 3.05) is 159 Å². The third-order valence-corrected chi connectivity index (χ3v) is 10.3. The van der Waals surface area contributed by atoms with E-state index in [-0.39, 0.29) is 144 Å². The zero-order valence-electron chi connectivity index (χ0n) is 46.8. The fraction of sp³-hybridized carbons (Fsp3) is 0.750. The van der Waals surface area contributed by atoms with Crippen molar-refractivity contribution in [1.82, 2.24) is 15.2 Å². The quantitative estimate of drug-likeness (QED) is 0.0110. The van der Waals surface area contributed by atoms with Crippen LogP contribution in [0.3, 0.4) is 0 Å². The van der Waals surface area contributed by atoms with E-state index < -0.39 is 103 Å². The summed E-state index contributed by atoms with van der Waals surface area (Å²) in [5, 5.41) is 23.8. The number of carbonyl (C=O) groups is 10. The zero-order valence-corrected chi connectivity index (χ0v) is 51.2. The molecule has 38 nitrogen and oxygen atoms in total. The molecule has 3 aliphatic heterocycles. The first-order valence-corrected chi connectivity index (χ1v) is 28.2. The molecule has 3 fully saturated rings. The SMILES string of the molecule is O=C(CCOCCOCCOCCOCCOCCOCCC(=O)ON1C(=O)CC(S(=O)(=O)O)C1=O)ON1C(=O)CCC1=O.O=C(O)CCOCCOCCOCCOCCOCCOCCC(=O)O.O=C1[CH-]CC(=O)N1O.O=S(=O)=O.O=S=O.[Na+]. The van der Waals surface area contributed by atoms with Gasteiger partial charge >= 0.3 is 75.6 Å². The maximum Gasteiger partial charge on any atom is 1.00 e. The van der Waals surface area contributed by atoms with Crippen LogP contribution in [-0.4, -0.2) is 288 Å². The Kier molecular flexibility index (Phi) is 56.0. The molecule has 0 aromatic heterocycles. The average Bonchev–Trinajstić information content (AvgIpc) is 4.28. The average molecular weight is 1320 g/mol. The molecule has 1 unspecified atom stereocenters. The Morgan fingerprint density at radius 1 is 0.477 bits per heavy atom. The van der Waals surface area contributed by atoms with Crippen LogP contribution in [0.4, 0.5) is 0 Å². The normalized spacial score (nSPS) is 14.3. The summed E-state index contributed by atoms with van der Waals surface area (Å²) < 4.78 is 136. The van der Waals surface area contributed by atoms with E-state index in [1.807, 2.05) is 0 Å². The van der Waals surface area contributed by atoms with Crippen LogP contribution in [0.1, 0.15) is 51.4 Å². The third-order valence-electron chi connectivity index (χ3n) is 9.25. The van der Waals surface area contributed by atoms with Gasteiger partial charge < -0.3 is 81.5 Å². The molecular formula is C44H70N3NaO35S3. The van der Waals surface area contributed by atoms with Gasteiger partial charge in [0.25, 0.3) is 33.7 Å². The zero-order chi connectivity index (χ0) is 64.1. The second kappa shape index (κ2) is 56.5. The molecule has 0 saturated carbocycles. The summed E-state index contributed by atoms with van der Waals surface area (Å²) in [5.41, 5.74) is 0. The van der Waals surface area contributed by atoms with E-state index in [0.29, 0.717) is 104 Å². The molecule has 0 aromatic rings. The molecule has 4 N–H and O–H groups in total. The van der Waals surface area contributed by atoms with E-state index in [4.69, 9.17) is 103 Å². The van der Waals surface area contributed by atoms with E-state index in [9.17, 15) is 56.4 Å².